The smallest absolute Gasteiger partial charge is 0.0233 e. The lowest BCUT2D eigenvalue weighted by Crippen LogP contribution is -2.28. The summed E-state index contributed by atoms with van der Waals surface area (Å²) in [6.45, 7) is 1.06. The Morgan fingerprint density at radius 1 is 1.14 bits per heavy atom. The van der Waals surface area contributed by atoms with Crippen LogP contribution in [0.25, 0.3) is 0 Å². The number of hydrogen-bond donors (Lipinski definition) is 0. The second kappa shape index (κ2) is 4.43. The van der Waals surface area contributed by atoms with Crippen LogP contribution in [0.1, 0.15) is 18.4 Å². The zero-order valence-electron chi connectivity index (χ0n) is 8.69. The van der Waals surface area contributed by atoms with Crippen molar-refractivity contribution in [2.45, 2.75) is 25.4 Å². The predicted octanol–water partition coefficient (Wildman–Crippen LogP) is 2.84. The summed E-state index contributed by atoms with van der Waals surface area (Å²) in [5.41, 5.74) is 1.40. The monoisotopic (exact) mass is 187 g/mol. The van der Waals surface area contributed by atoms with Gasteiger partial charge in [0.1, 0.15) is 0 Å². The second-order valence-corrected chi connectivity index (χ2v) is 4.00. The van der Waals surface area contributed by atoms with Crippen molar-refractivity contribution in [2.75, 3.05) is 7.05 Å². The van der Waals surface area contributed by atoms with Gasteiger partial charge in [-0.25, -0.2) is 0 Å². The molecular weight excluding hydrogens is 170 g/mol. The summed E-state index contributed by atoms with van der Waals surface area (Å²) in [7, 11) is 2.21. The highest BCUT2D eigenvalue weighted by molar-refractivity contribution is 5.14. The van der Waals surface area contributed by atoms with Gasteiger partial charge in [-0.2, -0.15) is 0 Å². The van der Waals surface area contributed by atoms with Crippen molar-refractivity contribution in [3.8, 4) is 0 Å². The second-order valence-electron chi connectivity index (χ2n) is 4.00. The zero-order valence-corrected chi connectivity index (χ0v) is 8.69. The molecule has 0 bridgehead atoms. The molecule has 0 saturated heterocycles. The standard InChI is InChI=1S/C13H17N/c1-14(13-9-5-6-10-13)11-12-7-3-2-4-8-12/h2-8,13H,9-11H2,1H3. The number of benzene rings is 1. The summed E-state index contributed by atoms with van der Waals surface area (Å²) in [4.78, 5) is 2.44. The number of hydrogen-bond acceptors (Lipinski definition) is 1. The van der Waals surface area contributed by atoms with E-state index in [1.54, 1.807) is 0 Å². The summed E-state index contributed by atoms with van der Waals surface area (Å²) in [6.07, 6.45) is 6.99. The fraction of sp³-hybridized carbons (Fsp3) is 0.385. The molecule has 1 aliphatic rings. The lowest BCUT2D eigenvalue weighted by molar-refractivity contribution is 0.243. The van der Waals surface area contributed by atoms with Crippen LogP contribution >= 0.6 is 0 Å². The van der Waals surface area contributed by atoms with Crippen LogP contribution in [0.5, 0.6) is 0 Å². The number of nitrogens with zero attached hydrogens (tertiary/aromatic N) is 1. The van der Waals surface area contributed by atoms with Crippen molar-refractivity contribution in [3.63, 3.8) is 0 Å². The van der Waals surface area contributed by atoms with Gasteiger partial charge < -0.3 is 0 Å². The topological polar surface area (TPSA) is 3.24 Å². The Balaban J connectivity index is 1.91. The highest BCUT2D eigenvalue weighted by Crippen LogP contribution is 2.17. The van der Waals surface area contributed by atoms with E-state index < -0.39 is 0 Å². The molecule has 0 amide bonds. The van der Waals surface area contributed by atoms with Gasteiger partial charge in [0.15, 0.2) is 0 Å². The van der Waals surface area contributed by atoms with Crippen LogP contribution in [-0.2, 0) is 6.54 Å². The SMILES string of the molecule is CN(Cc1ccccc1)C1CC=CC1. The highest BCUT2D eigenvalue weighted by Gasteiger charge is 2.15. The largest absolute Gasteiger partial charge is 0.299 e. The summed E-state index contributed by atoms with van der Waals surface area (Å²) in [6, 6.07) is 11.4. The molecule has 1 nitrogen and oxygen atoms in total. The zero-order chi connectivity index (χ0) is 9.80. The third kappa shape index (κ3) is 2.24. The molecule has 0 spiro atoms. The molecule has 0 aliphatic heterocycles. The fourth-order valence-corrected chi connectivity index (χ4v) is 1.96. The van der Waals surface area contributed by atoms with Crippen molar-refractivity contribution in [2.24, 2.45) is 0 Å². The van der Waals surface area contributed by atoms with Gasteiger partial charge in [0.25, 0.3) is 0 Å². The van der Waals surface area contributed by atoms with Crippen LogP contribution in [-0.4, -0.2) is 18.0 Å². The van der Waals surface area contributed by atoms with E-state index >= 15 is 0 Å². The molecule has 1 aliphatic carbocycles. The Kier molecular flexibility index (Phi) is 3.00. The molecule has 1 heteroatoms. The Bertz CT molecular complexity index is 294. The van der Waals surface area contributed by atoms with E-state index in [0.717, 1.165) is 12.6 Å². The molecule has 1 aromatic rings. The van der Waals surface area contributed by atoms with E-state index in [-0.39, 0.29) is 0 Å². The first-order valence-electron chi connectivity index (χ1n) is 5.25. The molecule has 0 unspecified atom stereocenters. The summed E-state index contributed by atoms with van der Waals surface area (Å²) >= 11 is 0. The predicted molar refractivity (Wildman–Crippen MR) is 60.1 cm³/mol. The fourth-order valence-electron chi connectivity index (χ4n) is 1.96. The summed E-state index contributed by atoms with van der Waals surface area (Å²) < 4.78 is 0. The van der Waals surface area contributed by atoms with Crippen LogP contribution < -0.4 is 0 Å². The van der Waals surface area contributed by atoms with Crippen LogP contribution in [0.4, 0.5) is 0 Å². The van der Waals surface area contributed by atoms with Crippen LogP contribution in [0.3, 0.4) is 0 Å². The molecule has 0 radical (unpaired) electrons. The Labute approximate surface area is 86.1 Å². The maximum Gasteiger partial charge on any atom is 0.0233 e. The Morgan fingerprint density at radius 2 is 1.79 bits per heavy atom. The van der Waals surface area contributed by atoms with E-state index in [4.69, 9.17) is 0 Å². The van der Waals surface area contributed by atoms with Crippen molar-refractivity contribution in [3.05, 3.63) is 48.0 Å². The third-order valence-electron chi connectivity index (χ3n) is 2.88. The Morgan fingerprint density at radius 3 is 2.43 bits per heavy atom. The molecule has 74 valence electrons. The van der Waals surface area contributed by atoms with Gasteiger partial charge >= 0.3 is 0 Å². The van der Waals surface area contributed by atoms with Crippen molar-refractivity contribution >= 4 is 0 Å². The molecule has 2 rings (SSSR count). The van der Waals surface area contributed by atoms with E-state index in [2.05, 4.69) is 54.4 Å². The molecule has 14 heavy (non-hydrogen) atoms. The maximum absolute atomic E-state index is 2.44. The molecule has 1 aromatic carbocycles. The average Bonchev–Trinajstić information content (AvgIpc) is 2.72. The minimum atomic E-state index is 0.718. The van der Waals surface area contributed by atoms with Crippen molar-refractivity contribution in [1.82, 2.24) is 4.90 Å². The van der Waals surface area contributed by atoms with Gasteiger partial charge in [-0.3, -0.25) is 4.90 Å². The first kappa shape index (κ1) is 9.47. The molecule has 0 atom stereocenters. The number of rotatable bonds is 3. The molecule has 0 heterocycles. The molecule has 0 aromatic heterocycles. The molecular formula is C13H17N. The first-order valence-corrected chi connectivity index (χ1v) is 5.25. The minimum Gasteiger partial charge on any atom is -0.299 e. The van der Waals surface area contributed by atoms with E-state index in [1.165, 1.54) is 18.4 Å². The average molecular weight is 187 g/mol. The Hall–Kier alpha value is -1.08. The van der Waals surface area contributed by atoms with E-state index in [1.807, 2.05) is 0 Å². The molecule has 0 saturated carbocycles. The van der Waals surface area contributed by atoms with Gasteiger partial charge in [-0.15, -0.1) is 0 Å². The summed E-state index contributed by atoms with van der Waals surface area (Å²) in [5.74, 6) is 0. The van der Waals surface area contributed by atoms with Gasteiger partial charge in [-0.1, -0.05) is 42.5 Å². The lowest BCUT2D eigenvalue weighted by Gasteiger charge is -2.23. The molecule has 0 N–H and O–H groups in total. The van der Waals surface area contributed by atoms with Crippen LogP contribution in [0.2, 0.25) is 0 Å². The van der Waals surface area contributed by atoms with Gasteiger partial charge in [0.2, 0.25) is 0 Å². The minimum absolute atomic E-state index is 0.718. The quantitative estimate of drug-likeness (QED) is 0.658. The van der Waals surface area contributed by atoms with Crippen LogP contribution in [0, 0.1) is 0 Å². The van der Waals surface area contributed by atoms with E-state index in [0.29, 0.717) is 0 Å². The van der Waals surface area contributed by atoms with Crippen molar-refractivity contribution in [1.29, 1.82) is 0 Å². The maximum atomic E-state index is 2.44. The summed E-state index contributed by atoms with van der Waals surface area (Å²) in [5, 5.41) is 0. The normalized spacial score (nSPS) is 16.7. The van der Waals surface area contributed by atoms with Gasteiger partial charge in [0.05, 0.1) is 0 Å². The van der Waals surface area contributed by atoms with Crippen molar-refractivity contribution < 1.29 is 0 Å². The van der Waals surface area contributed by atoms with Gasteiger partial charge in [-0.05, 0) is 25.5 Å². The first-order chi connectivity index (χ1) is 6.86. The highest BCUT2D eigenvalue weighted by atomic mass is 15.1. The third-order valence-corrected chi connectivity index (χ3v) is 2.88. The molecule has 0 fully saturated rings. The van der Waals surface area contributed by atoms with Gasteiger partial charge in [0, 0.05) is 12.6 Å². The lowest BCUT2D eigenvalue weighted by atomic mass is 10.1. The van der Waals surface area contributed by atoms with E-state index in [9.17, 15) is 0 Å². The van der Waals surface area contributed by atoms with Crippen LogP contribution in [0.15, 0.2) is 42.5 Å².